The van der Waals surface area contributed by atoms with Gasteiger partial charge in [-0.2, -0.15) is 0 Å². The van der Waals surface area contributed by atoms with Crippen LogP contribution in [0.2, 0.25) is 0 Å². The van der Waals surface area contributed by atoms with Gasteiger partial charge in [0.15, 0.2) is 0 Å². The van der Waals surface area contributed by atoms with Crippen LogP contribution in [0.25, 0.3) is 0 Å². The van der Waals surface area contributed by atoms with Gasteiger partial charge in [0.25, 0.3) is 0 Å². The van der Waals surface area contributed by atoms with Crippen molar-refractivity contribution < 1.29 is 9.90 Å². The maximum atomic E-state index is 11.9. The highest BCUT2D eigenvalue weighted by Crippen LogP contribution is 2.39. The SMILES string of the molecule is CCCC(CCC)(C(=O)O)c1cc(C)cc(C)c1N. The largest absolute Gasteiger partial charge is 0.481 e. The predicted molar refractivity (Wildman–Crippen MR) is 79.5 cm³/mol. The van der Waals surface area contributed by atoms with E-state index >= 15 is 0 Å². The Morgan fingerprint density at radius 1 is 1.21 bits per heavy atom. The number of hydrogen-bond donors (Lipinski definition) is 2. The lowest BCUT2D eigenvalue weighted by Crippen LogP contribution is -2.36. The van der Waals surface area contributed by atoms with Crippen LogP contribution in [0.4, 0.5) is 5.69 Å². The minimum absolute atomic E-state index is 0.628. The molecule has 1 aromatic carbocycles. The molecular formula is C16H25NO2. The molecule has 0 atom stereocenters. The molecule has 106 valence electrons. The predicted octanol–water partition coefficient (Wildman–Crippen LogP) is 3.81. The number of carboxylic acids is 1. The van der Waals surface area contributed by atoms with E-state index in [0.717, 1.165) is 29.5 Å². The van der Waals surface area contributed by atoms with E-state index in [1.807, 2.05) is 39.8 Å². The van der Waals surface area contributed by atoms with Crippen LogP contribution in [0.15, 0.2) is 12.1 Å². The first kappa shape index (κ1) is 15.5. The van der Waals surface area contributed by atoms with Crippen LogP contribution in [0.3, 0.4) is 0 Å². The van der Waals surface area contributed by atoms with Crippen LogP contribution in [0.1, 0.15) is 56.2 Å². The van der Waals surface area contributed by atoms with E-state index in [9.17, 15) is 9.90 Å². The second-order valence-corrected chi connectivity index (χ2v) is 5.43. The Morgan fingerprint density at radius 3 is 2.16 bits per heavy atom. The number of anilines is 1. The number of nitrogens with two attached hydrogens (primary N) is 1. The molecule has 0 aliphatic rings. The van der Waals surface area contributed by atoms with Crippen LogP contribution >= 0.6 is 0 Å². The summed E-state index contributed by atoms with van der Waals surface area (Å²) in [6.07, 6.45) is 2.92. The normalized spacial score (nSPS) is 11.6. The molecule has 19 heavy (non-hydrogen) atoms. The molecule has 0 heterocycles. The van der Waals surface area contributed by atoms with Crippen LogP contribution in [-0.4, -0.2) is 11.1 Å². The Kier molecular flexibility index (Phi) is 4.98. The van der Waals surface area contributed by atoms with Gasteiger partial charge in [0, 0.05) is 5.69 Å². The molecule has 0 aliphatic heterocycles. The number of aliphatic carboxylic acids is 1. The molecule has 3 N–H and O–H groups in total. The quantitative estimate of drug-likeness (QED) is 0.767. The molecule has 0 bridgehead atoms. The van der Waals surface area contributed by atoms with Crippen molar-refractivity contribution in [1.82, 2.24) is 0 Å². The molecule has 0 radical (unpaired) electrons. The summed E-state index contributed by atoms with van der Waals surface area (Å²) < 4.78 is 0. The number of carboxylic acid groups (broad SMARTS) is 1. The van der Waals surface area contributed by atoms with E-state index in [4.69, 9.17) is 5.73 Å². The summed E-state index contributed by atoms with van der Waals surface area (Å²) in [6, 6.07) is 3.95. The zero-order valence-electron chi connectivity index (χ0n) is 12.4. The Bertz CT molecular complexity index is 460. The van der Waals surface area contributed by atoms with Gasteiger partial charge in [0.2, 0.25) is 0 Å². The number of aryl methyl sites for hydroxylation is 2. The van der Waals surface area contributed by atoms with E-state index in [1.54, 1.807) is 0 Å². The number of rotatable bonds is 6. The van der Waals surface area contributed by atoms with E-state index in [2.05, 4.69) is 0 Å². The standard InChI is InChI=1S/C16H25NO2/c1-5-7-16(8-6-2,15(18)19)13-10-11(3)9-12(4)14(13)17/h9-10H,5-8,17H2,1-4H3,(H,18,19). The third kappa shape index (κ3) is 2.91. The lowest BCUT2D eigenvalue weighted by Gasteiger charge is -2.31. The van der Waals surface area contributed by atoms with Gasteiger partial charge in [-0.3, -0.25) is 4.79 Å². The number of benzene rings is 1. The second-order valence-electron chi connectivity index (χ2n) is 5.43. The zero-order chi connectivity index (χ0) is 14.6. The van der Waals surface area contributed by atoms with Crippen LogP contribution < -0.4 is 5.73 Å². The molecule has 0 unspecified atom stereocenters. The fraction of sp³-hybridized carbons (Fsp3) is 0.562. The lowest BCUT2D eigenvalue weighted by atomic mass is 9.72. The van der Waals surface area contributed by atoms with E-state index in [0.29, 0.717) is 18.5 Å². The van der Waals surface area contributed by atoms with Crippen molar-refractivity contribution in [3.05, 3.63) is 28.8 Å². The third-order valence-electron chi connectivity index (χ3n) is 3.81. The Morgan fingerprint density at radius 2 is 1.74 bits per heavy atom. The Balaban J connectivity index is 3.51. The molecule has 0 amide bonds. The molecule has 3 heteroatoms. The topological polar surface area (TPSA) is 63.3 Å². The summed E-state index contributed by atoms with van der Waals surface area (Å²) in [5.74, 6) is -0.757. The second kappa shape index (κ2) is 6.09. The van der Waals surface area contributed by atoms with Crippen LogP contribution in [-0.2, 0) is 10.2 Å². The van der Waals surface area contributed by atoms with E-state index in [-0.39, 0.29) is 0 Å². The highest BCUT2D eigenvalue weighted by molar-refractivity contribution is 5.84. The summed E-state index contributed by atoms with van der Waals surface area (Å²) in [6.45, 7) is 7.97. The van der Waals surface area contributed by atoms with E-state index in [1.165, 1.54) is 0 Å². The van der Waals surface area contributed by atoms with E-state index < -0.39 is 11.4 Å². The fourth-order valence-corrected chi connectivity index (χ4v) is 2.95. The molecule has 1 aromatic rings. The smallest absolute Gasteiger partial charge is 0.314 e. The average Bonchev–Trinajstić information content (AvgIpc) is 2.33. The summed E-state index contributed by atoms with van der Waals surface area (Å²) in [4.78, 5) is 11.9. The highest BCUT2D eigenvalue weighted by atomic mass is 16.4. The van der Waals surface area contributed by atoms with Gasteiger partial charge >= 0.3 is 5.97 Å². The van der Waals surface area contributed by atoms with Crippen molar-refractivity contribution in [3.8, 4) is 0 Å². The summed E-state index contributed by atoms with van der Waals surface area (Å²) in [5.41, 5.74) is 8.79. The number of carbonyl (C=O) groups is 1. The van der Waals surface area contributed by atoms with Crippen molar-refractivity contribution in [1.29, 1.82) is 0 Å². The summed E-state index contributed by atoms with van der Waals surface area (Å²) >= 11 is 0. The molecule has 0 aromatic heterocycles. The van der Waals surface area contributed by atoms with Crippen LogP contribution in [0.5, 0.6) is 0 Å². The van der Waals surface area contributed by atoms with Gasteiger partial charge < -0.3 is 10.8 Å². The minimum Gasteiger partial charge on any atom is -0.481 e. The fourth-order valence-electron chi connectivity index (χ4n) is 2.95. The Labute approximate surface area is 115 Å². The van der Waals surface area contributed by atoms with Crippen molar-refractivity contribution in [2.75, 3.05) is 5.73 Å². The maximum absolute atomic E-state index is 11.9. The third-order valence-corrected chi connectivity index (χ3v) is 3.81. The van der Waals surface area contributed by atoms with Gasteiger partial charge in [0.05, 0.1) is 5.41 Å². The van der Waals surface area contributed by atoms with Gasteiger partial charge in [-0.1, -0.05) is 44.4 Å². The van der Waals surface area contributed by atoms with Gasteiger partial charge in [-0.05, 0) is 37.8 Å². The summed E-state index contributed by atoms with van der Waals surface area (Å²) in [5, 5.41) is 9.79. The first-order valence-corrected chi connectivity index (χ1v) is 6.99. The monoisotopic (exact) mass is 263 g/mol. The Hall–Kier alpha value is -1.51. The van der Waals surface area contributed by atoms with Gasteiger partial charge in [-0.25, -0.2) is 0 Å². The van der Waals surface area contributed by atoms with Crippen molar-refractivity contribution in [3.63, 3.8) is 0 Å². The van der Waals surface area contributed by atoms with Crippen molar-refractivity contribution in [2.24, 2.45) is 0 Å². The molecule has 0 spiro atoms. The number of nitrogen functional groups attached to an aromatic ring is 1. The first-order chi connectivity index (χ1) is 8.89. The summed E-state index contributed by atoms with van der Waals surface area (Å²) in [7, 11) is 0. The molecule has 0 saturated heterocycles. The molecule has 0 saturated carbocycles. The minimum atomic E-state index is -0.843. The lowest BCUT2D eigenvalue weighted by molar-refractivity contribution is -0.144. The molecule has 1 rings (SSSR count). The molecule has 0 fully saturated rings. The van der Waals surface area contributed by atoms with Crippen molar-refractivity contribution in [2.45, 2.75) is 58.8 Å². The van der Waals surface area contributed by atoms with Crippen LogP contribution in [0, 0.1) is 13.8 Å². The maximum Gasteiger partial charge on any atom is 0.314 e. The first-order valence-electron chi connectivity index (χ1n) is 6.99. The number of hydrogen-bond acceptors (Lipinski definition) is 2. The average molecular weight is 263 g/mol. The van der Waals surface area contributed by atoms with Gasteiger partial charge in [0.1, 0.15) is 0 Å². The van der Waals surface area contributed by atoms with Crippen molar-refractivity contribution >= 4 is 11.7 Å². The zero-order valence-corrected chi connectivity index (χ0v) is 12.4. The van der Waals surface area contributed by atoms with Gasteiger partial charge in [-0.15, -0.1) is 0 Å². The molecule has 0 aliphatic carbocycles. The molecule has 3 nitrogen and oxygen atoms in total. The highest BCUT2D eigenvalue weighted by Gasteiger charge is 2.40. The molecular weight excluding hydrogens is 238 g/mol.